The van der Waals surface area contributed by atoms with Crippen molar-refractivity contribution in [2.45, 2.75) is 40.0 Å². The van der Waals surface area contributed by atoms with Crippen LogP contribution in [0, 0.1) is 5.92 Å². The van der Waals surface area contributed by atoms with E-state index < -0.39 is 0 Å². The summed E-state index contributed by atoms with van der Waals surface area (Å²) in [5.41, 5.74) is 3.65. The first kappa shape index (κ1) is 15.2. The van der Waals surface area contributed by atoms with Gasteiger partial charge in [-0.3, -0.25) is 9.83 Å². The molecule has 22 heavy (non-hydrogen) atoms. The summed E-state index contributed by atoms with van der Waals surface area (Å²) in [4.78, 5) is 14.8. The SMILES string of the molecule is CCCCCN1C=C(C)C(C)C2=C1N1CN(OC)C=C1C=N2. The lowest BCUT2D eigenvalue weighted by Crippen LogP contribution is -2.40. The highest BCUT2D eigenvalue weighted by Gasteiger charge is 2.35. The number of hydroxylamine groups is 2. The quantitative estimate of drug-likeness (QED) is 0.730. The monoisotopic (exact) mass is 302 g/mol. The van der Waals surface area contributed by atoms with Gasteiger partial charge in [0.1, 0.15) is 12.5 Å². The van der Waals surface area contributed by atoms with Gasteiger partial charge in [0.2, 0.25) is 0 Å². The van der Waals surface area contributed by atoms with Gasteiger partial charge >= 0.3 is 0 Å². The fourth-order valence-electron chi connectivity index (χ4n) is 3.16. The number of fused-ring (bicyclic) bond motifs is 2. The minimum absolute atomic E-state index is 0.367. The fourth-order valence-corrected chi connectivity index (χ4v) is 3.16. The number of hydrogen-bond acceptors (Lipinski definition) is 5. The van der Waals surface area contributed by atoms with Gasteiger partial charge in [-0.15, -0.1) is 0 Å². The van der Waals surface area contributed by atoms with E-state index in [2.05, 4.69) is 36.8 Å². The Morgan fingerprint density at radius 3 is 2.86 bits per heavy atom. The zero-order valence-electron chi connectivity index (χ0n) is 14.0. The second kappa shape index (κ2) is 6.16. The Morgan fingerprint density at radius 1 is 1.32 bits per heavy atom. The van der Waals surface area contributed by atoms with Crippen LogP contribution < -0.4 is 0 Å². The van der Waals surface area contributed by atoms with Crippen LogP contribution in [0.1, 0.15) is 40.0 Å². The van der Waals surface area contributed by atoms with Crippen LogP contribution in [0.4, 0.5) is 0 Å². The van der Waals surface area contributed by atoms with Gasteiger partial charge in [-0.25, -0.2) is 5.06 Å². The molecule has 1 unspecified atom stereocenters. The normalized spacial score (nSPS) is 23.6. The Kier molecular flexibility index (Phi) is 4.25. The van der Waals surface area contributed by atoms with Gasteiger partial charge < -0.3 is 9.80 Å². The van der Waals surface area contributed by atoms with Gasteiger partial charge in [0.05, 0.1) is 30.9 Å². The minimum Gasteiger partial charge on any atom is -0.333 e. The molecule has 1 atom stereocenters. The van der Waals surface area contributed by atoms with Gasteiger partial charge in [0, 0.05) is 18.7 Å². The van der Waals surface area contributed by atoms with Crippen molar-refractivity contribution < 1.29 is 4.84 Å². The van der Waals surface area contributed by atoms with Crippen LogP contribution in [0.15, 0.2) is 40.2 Å². The predicted octanol–water partition coefficient (Wildman–Crippen LogP) is 3.26. The van der Waals surface area contributed by atoms with Crippen LogP contribution in [0.2, 0.25) is 0 Å². The lowest BCUT2D eigenvalue weighted by Gasteiger charge is -2.40. The van der Waals surface area contributed by atoms with Crippen molar-refractivity contribution in [1.82, 2.24) is 14.9 Å². The standard InChI is InChI=1S/C17H26N4O/c1-5-6-7-8-19-10-13(2)14(3)16-17(19)21-12-20(22-4)11-15(21)9-18-16/h9-11,14H,5-8,12H2,1-4H3. The number of rotatable bonds is 5. The number of allylic oxidation sites excluding steroid dienone is 2. The second-order valence-corrected chi connectivity index (χ2v) is 6.19. The molecule has 0 aromatic rings. The Hall–Kier alpha value is -1.75. The molecule has 0 aromatic heterocycles. The Morgan fingerprint density at radius 2 is 2.14 bits per heavy atom. The van der Waals surface area contributed by atoms with Crippen molar-refractivity contribution in [2.24, 2.45) is 10.9 Å². The third-order valence-corrected chi connectivity index (χ3v) is 4.65. The first-order valence-corrected chi connectivity index (χ1v) is 8.19. The fraction of sp³-hybridized carbons (Fsp3) is 0.588. The van der Waals surface area contributed by atoms with Gasteiger partial charge in [0.15, 0.2) is 0 Å². The zero-order valence-corrected chi connectivity index (χ0v) is 14.0. The molecule has 3 aliphatic rings. The third-order valence-electron chi connectivity index (χ3n) is 4.65. The molecule has 0 N–H and O–H groups in total. The molecule has 120 valence electrons. The van der Waals surface area contributed by atoms with Crippen molar-refractivity contribution >= 4 is 6.21 Å². The molecule has 0 bridgehead atoms. The third kappa shape index (κ3) is 2.54. The summed E-state index contributed by atoms with van der Waals surface area (Å²) in [5, 5.41) is 1.84. The highest BCUT2D eigenvalue weighted by atomic mass is 16.7. The molecule has 3 heterocycles. The summed E-state index contributed by atoms with van der Waals surface area (Å²) in [6.45, 7) is 8.45. The number of hydrogen-bond donors (Lipinski definition) is 0. The maximum Gasteiger partial charge on any atom is 0.137 e. The van der Waals surface area contributed by atoms with Crippen molar-refractivity contribution in [2.75, 3.05) is 20.3 Å². The van der Waals surface area contributed by atoms with Gasteiger partial charge in [-0.05, 0) is 18.9 Å². The lowest BCUT2D eigenvalue weighted by atomic mass is 9.95. The molecule has 0 amide bonds. The molecule has 5 nitrogen and oxygen atoms in total. The number of unbranched alkanes of at least 4 members (excludes halogenated alkanes) is 2. The maximum atomic E-state index is 5.36. The maximum absolute atomic E-state index is 5.36. The molecule has 0 aliphatic carbocycles. The molecule has 0 aromatic carbocycles. The summed E-state index contributed by atoms with van der Waals surface area (Å²) < 4.78 is 0. The Labute approximate surface area is 133 Å². The van der Waals surface area contributed by atoms with Gasteiger partial charge in [-0.2, -0.15) is 0 Å². The zero-order chi connectivity index (χ0) is 15.7. The molecule has 0 radical (unpaired) electrons. The van der Waals surface area contributed by atoms with E-state index in [0.717, 1.165) is 18.9 Å². The average molecular weight is 302 g/mol. The molecular weight excluding hydrogens is 276 g/mol. The Balaban J connectivity index is 1.89. The summed E-state index contributed by atoms with van der Waals surface area (Å²) in [7, 11) is 1.70. The van der Waals surface area contributed by atoms with Crippen molar-refractivity contribution in [3.8, 4) is 0 Å². The number of aliphatic imine (C=N–C) groups is 1. The molecule has 0 saturated carbocycles. The van der Waals surface area contributed by atoms with E-state index in [1.54, 1.807) is 7.11 Å². The van der Waals surface area contributed by atoms with E-state index in [9.17, 15) is 0 Å². The average Bonchev–Trinajstić information content (AvgIpc) is 2.95. The Bertz CT molecular complexity index is 561. The van der Waals surface area contributed by atoms with E-state index >= 15 is 0 Å². The lowest BCUT2D eigenvalue weighted by molar-refractivity contribution is -0.0968. The van der Waals surface area contributed by atoms with Crippen LogP contribution in [-0.4, -0.2) is 41.4 Å². The highest BCUT2D eigenvalue weighted by molar-refractivity contribution is 5.81. The van der Waals surface area contributed by atoms with Crippen LogP contribution >= 0.6 is 0 Å². The second-order valence-electron chi connectivity index (χ2n) is 6.19. The van der Waals surface area contributed by atoms with E-state index in [1.165, 1.54) is 36.4 Å². The van der Waals surface area contributed by atoms with Crippen LogP contribution in [-0.2, 0) is 4.84 Å². The van der Waals surface area contributed by atoms with E-state index in [-0.39, 0.29) is 0 Å². The molecule has 3 aliphatic heterocycles. The van der Waals surface area contributed by atoms with Crippen molar-refractivity contribution in [1.29, 1.82) is 0 Å². The molecule has 5 heteroatoms. The molecular formula is C17H26N4O. The topological polar surface area (TPSA) is 31.3 Å². The van der Waals surface area contributed by atoms with E-state index in [4.69, 9.17) is 9.83 Å². The van der Waals surface area contributed by atoms with Gasteiger partial charge in [-0.1, -0.05) is 26.7 Å². The molecule has 0 fully saturated rings. The van der Waals surface area contributed by atoms with Crippen molar-refractivity contribution in [3.05, 3.63) is 35.2 Å². The first-order chi connectivity index (χ1) is 10.7. The molecule has 0 spiro atoms. The predicted molar refractivity (Wildman–Crippen MR) is 88.3 cm³/mol. The van der Waals surface area contributed by atoms with E-state index in [1.807, 2.05) is 17.5 Å². The molecule has 0 saturated heterocycles. The van der Waals surface area contributed by atoms with Crippen LogP contribution in [0.25, 0.3) is 0 Å². The smallest absolute Gasteiger partial charge is 0.137 e. The molecule has 3 rings (SSSR count). The summed E-state index contributed by atoms with van der Waals surface area (Å²) in [6, 6.07) is 0. The number of nitrogens with zero attached hydrogens (tertiary/aromatic N) is 4. The van der Waals surface area contributed by atoms with Gasteiger partial charge in [0.25, 0.3) is 0 Å². The summed E-state index contributed by atoms with van der Waals surface area (Å²) in [5.74, 6) is 1.59. The first-order valence-electron chi connectivity index (χ1n) is 8.19. The summed E-state index contributed by atoms with van der Waals surface area (Å²) in [6.07, 6.45) is 9.97. The van der Waals surface area contributed by atoms with Crippen LogP contribution in [0.3, 0.4) is 0 Å². The van der Waals surface area contributed by atoms with Crippen molar-refractivity contribution in [3.63, 3.8) is 0 Å². The minimum atomic E-state index is 0.367. The van der Waals surface area contributed by atoms with E-state index in [0.29, 0.717) is 5.92 Å². The largest absolute Gasteiger partial charge is 0.333 e. The highest BCUT2D eigenvalue weighted by Crippen LogP contribution is 2.38. The summed E-state index contributed by atoms with van der Waals surface area (Å²) >= 11 is 0. The van der Waals surface area contributed by atoms with Crippen LogP contribution in [0.5, 0.6) is 0 Å².